The van der Waals surface area contributed by atoms with Crippen LogP contribution in [0.5, 0.6) is 0 Å². The van der Waals surface area contributed by atoms with E-state index < -0.39 is 47.8 Å². The molecule has 0 aromatic carbocycles. The van der Waals surface area contributed by atoms with Crippen LogP contribution in [0.3, 0.4) is 0 Å². The topological polar surface area (TPSA) is 180 Å². The molecule has 0 spiro atoms. The molecule has 0 aliphatic rings. The average molecular weight is 512 g/mol. The Balaban J connectivity index is 4.57. The molecule has 0 saturated heterocycles. The van der Waals surface area contributed by atoms with E-state index >= 15 is 0 Å². The lowest BCUT2D eigenvalue weighted by Gasteiger charge is -2.21. The Kier molecular flexibility index (Phi) is 16.4. The number of rotatable bonds is 18. The Morgan fingerprint density at radius 1 is 0.694 bits per heavy atom. The number of nitrogens with one attached hydrogen (secondary N) is 5. The fourth-order valence-electron chi connectivity index (χ4n) is 3.17. The summed E-state index contributed by atoms with van der Waals surface area (Å²) in [5.41, 5.74) is 0. The summed E-state index contributed by atoms with van der Waals surface area (Å²) in [6, 6.07) is -3.41. The maximum atomic E-state index is 12.4. The van der Waals surface area contributed by atoms with Gasteiger partial charge in [-0.15, -0.1) is 0 Å². The van der Waals surface area contributed by atoms with E-state index in [0.29, 0.717) is 25.4 Å². The van der Waals surface area contributed by atoms with Gasteiger partial charge in [0, 0.05) is 12.3 Å². The molecule has 0 radical (unpaired) electrons. The molecule has 0 aliphatic heterocycles. The van der Waals surface area contributed by atoms with Crippen molar-refractivity contribution in [2.45, 2.75) is 97.3 Å². The molecule has 12 heteroatoms. The zero-order valence-electron chi connectivity index (χ0n) is 21.8. The van der Waals surface area contributed by atoms with Crippen LogP contribution in [0, 0.1) is 5.92 Å². The smallest absolute Gasteiger partial charge is 0.243 e. The minimum atomic E-state index is -0.961. The van der Waals surface area contributed by atoms with Crippen LogP contribution in [0.1, 0.15) is 73.1 Å². The van der Waals surface area contributed by atoms with E-state index in [1.807, 2.05) is 6.92 Å². The molecular formula is C24H41N5O7. The second-order valence-electron chi connectivity index (χ2n) is 8.67. The van der Waals surface area contributed by atoms with Gasteiger partial charge in [0.1, 0.15) is 24.7 Å². The first-order chi connectivity index (χ1) is 17.0. The fraction of sp³-hybridized carbons (Fsp3) is 0.708. The lowest BCUT2D eigenvalue weighted by Crippen LogP contribution is -2.54. The normalized spacial score (nSPS) is 14.7. The van der Waals surface area contributed by atoms with Gasteiger partial charge in [-0.05, 0) is 32.6 Å². The third-order valence-corrected chi connectivity index (χ3v) is 5.53. The van der Waals surface area contributed by atoms with Crippen molar-refractivity contribution in [2.75, 3.05) is 6.54 Å². The lowest BCUT2D eigenvalue weighted by molar-refractivity contribution is -0.132. The molecule has 12 nitrogen and oxygen atoms in total. The van der Waals surface area contributed by atoms with Crippen molar-refractivity contribution in [1.29, 1.82) is 0 Å². The number of amides is 5. The third kappa shape index (κ3) is 13.0. The quantitative estimate of drug-likeness (QED) is 0.154. The van der Waals surface area contributed by atoms with Gasteiger partial charge in [0.25, 0.3) is 0 Å². The predicted octanol–water partition coefficient (Wildman–Crippen LogP) is -0.504. The Bertz CT molecular complexity index is 774. The SMILES string of the molecule is CCCC(C)C(=O)NCC(=O)NC(C=O)CCC(=O)NC(C)C(=O)NC(CC)C(=O)NC(C=O)CC. The van der Waals surface area contributed by atoms with Gasteiger partial charge < -0.3 is 36.2 Å². The second-order valence-corrected chi connectivity index (χ2v) is 8.67. The Morgan fingerprint density at radius 2 is 1.33 bits per heavy atom. The van der Waals surface area contributed by atoms with Crippen molar-refractivity contribution in [3.63, 3.8) is 0 Å². The van der Waals surface area contributed by atoms with Gasteiger partial charge in [0.2, 0.25) is 29.5 Å². The molecule has 0 heterocycles. The second kappa shape index (κ2) is 18.0. The van der Waals surface area contributed by atoms with Crippen molar-refractivity contribution in [3.8, 4) is 0 Å². The monoisotopic (exact) mass is 511 g/mol. The van der Waals surface area contributed by atoms with Gasteiger partial charge in [-0.2, -0.15) is 0 Å². The fourth-order valence-corrected chi connectivity index (χ4v) is 3.17. The van der Waals surface area contributed by atoms with E-state index in [0.717, 1.165) is 6.42 Å². The minimum Gasteiger partial charge on any atom is -0.347 e. The number of aldehydes is 2. The number of hydrogen-bond acceptors (Lipinski definition) is 7. The van der Waals surface area contributed by atoms with Crippen LogP contribution in [-0.4, -0.2) is 72.8 Å². The van der Waals surface area contributed by atoms with E-state index in [1.54, 1.807) is 20.8 Å². The van der Waals surface area contributed by atoms with Crippen molar-refractivity contribution < 1.29 is 33.6 Å². The first-order valence-electron chi connectivity index (χ1n) is 12.4. The van der Waals surface area contributed by atoms with E-state index in [2.05, 4.69) is 26.6 Å². The maximum Gasteiger partial charge on any atom is 0.243 e. The summed E-state index contributed by atoms with van der Waals surface area (Å²) >= 11 is 0. The molecule has 0 aliphatic carbocycles. The van der Waals surface area contributed by atoms with Crippen LogP contribution < -0.4 is 26.6 Å². The number of hydrogen-bond donors (Lipinski definition) is 5. The number of carbonyl (C=O) groups is 7. The van der Waals surface area contributed by atoms with Gasteiger partial charge in [-0.1, -0.05) is 34.1 Å². The molecule has 0 fully saturated rings. The summed E-state index contributed by atoms with van der Waals surface area (Å²) in [6.07, 6.45) is 3.21. The standard InChI is InChI=1S/C24H41N5O7/c1-6-9-15(4)22(34)25-12-21(33)27-18(14-31)10-11-20(32)26-16(5)23(35)29-19(8-3)24(36)28-17(7-2)13-30/h13-19H,6-12H2,1-5H3,(H,25,34)(H,26,32)(H,27,33)(H,28,36)(H,29,35). The Morgan fingerprint density at radius 3 is 1.86 bits per heavy atom. The first kappa shape index (κ1) is 32.7. The first-order valence-corrected chi connectivity index (χ1v) is 12.4. The summed E-state index contributed by atoms with van der Waals surface area (Å²) in [6.45, 7) is 8.31. The van der Waals surface area contributed by atoms with Crippen LogP contribution in [0.15, 0.2) is 0 Å². The van der Waals surface area contributed by atoms with Crippen molar-refractivity contribution in [2.24, 2.45) is 5.92 Å². The summed E-state index contributed by atoms with van der Waals surface area (Å²) in [7, 11) is 0. The Labute approximate surface area is 212 Å². The molecule has 0 saturated carbocycles. The lowest BCUT2D eigenvalue weighted by atomic mass is 10.1. The van der Waals surface area contributed by atoms with Gasteiger partial charge in [-0.3, -0.25) is 24.0 Å². The van der Waals surface area contributed by atoms with Crippen LogP contribution >= 0.6 is 0 Å². The molecule has 5 amide bonds. The van der Waals surface area contributed by atoms with Crippen LogP contribution in [-0.2, 0) is 33.6 Å². The zero-order valence-corrected chi connectivity index (χ0v) is 21.8. The third-order valence-electron chi connectivity index (χ3n) is 5.53. The maximum absolute atomic E-state index is 12.4. The van der Waals surface area contributed by atoms with Gasteiger partial charge in [0.05, 0.1) is 18.6 Å². The van der Waals surface area contributed by atoms with E-state index in [9.17, 15) is 33.6 Å². The van der Waals surface area contributed by atoms with Crippen LogP contribution in [0.25, 0.3) is 0 Å². The Hall–Kier alpha value is -3.31. The molecule has 0 aromatic heterocycles. The molecule has 204 valence electrons. The highest BCUT2D eigenvalue weighted by Gasteiger charge is 2.24. The van der Waals surface area contributed by atoms with E-state index in [1.165, 1.54) is 6.92 Å². The van der Waals surface area contributed by atoms with Crippen LogP contribution in [0.4, 0.5) is 0 Å². The molecule has 5 atom stereocenters. The average Bonchev–Trinajstić information content (AvgIpc) is 2.86. The van der Waals surface area contributed by atoms with Gasteiger partial charge >= 0.3 is 0 Å². The van der Waals surface area contributed by atoms with E-state index in [4.69, 9.17) is 0 Å². The van der Waals surface area contributed by atoms with Crippen molar-refractivity contribution in [1.82, 2.24) is 26.6 Å². The summed E-state index contributed by atoms with van der Waals surface area (Å²) in [5.74, 6) is -2.63. The van der Waals surface area contributed by atoms with Crippen molar-refractivity contribution in [3.05, 3.63) is 0 Å². The number of carbonyl (C=O) groups excluding carboxylic acids is 7. The molecular weight excluding hydrogens is 470 g/mol. The summed E-state index contributed by atoms with van der Waals surface area (Å²) < 4.78 is 0. The predicted molar refractivity (Wildman–Crippen MR) is 132 cm³/mol. The highest BCUT2D eigenvalue weighted by molar-refractivity contribution is 5.92. The largest absolute Gasteiger partial charge is 0.347 e. The van der Waals surface area contributed by atoms with Gasteiger partial charge in [-0.25, -0.2) is 0 Å². The highest BCUT2D eigenvalue weighted by atomic mass is 16.2. The van der Waals surface area contributed by atoms with Crippen LogP contribution in [0.2, 0.25) is 0 Å². The van der Waals surface area contributed by atoms with E-state index in [-0.39, 0.29) is 37.6 Å². The molecule has 5 unspecified atom stereocenters. The zero-order chi connectivity index (χ0) is 27.7. The summed E-state index contributed by atoms with van der Waals surface area (Å²) in [5, 5.41) is 12.5. The minimum absolute atomic E-state index is 0.000309. The molecule has 0 bridgehead atoms. The summed E-state index contributed by atoms with van der Waals surface area (Å²) in [4.78, 5) is 83.0. The molecule has 5 N–H and O–H groups in total. The molecule has 0 aromatic rings. The highest BCUT2D eigenvalue weighted by Crippen LogP contribution is 2.04. The molecule has 36 heavy (non-hydrogen) atoms. The molecule has 0 rings (SSSR count). The van der Waals surface area contributed by atoms with Gasteiger partial charge in [0.15, 0.2) is 0 Å². The van der Waals surface area contributed by atoms with Crippen molar-refractivity contribution >= 4 is 42.1 Å².